The second kappa shape index (κ2) is 12.5. The molecule has 2 heteroatoms. The van der Waals surface area contributed by atoms with Crippen LogP contribution in [0, 0.1) is 0 Å². The number of nitrogens with zero attached hydrogens (tertiary/aromatic N) is 1. The van der Waals surface area contributed by atoms with Crippen molar-refractivity contribution in [2.75, 3.05) is 4.90 Å². The van der Waals surface area contributed by atoms with E-state index < -0.39 is 10.8 Å². The first-order valence-corrected chi connectivity index (χ1v) is 20.1. The van der Waals surface area contributed by atoms with E-state index in [1.807, 2.05) is 0 Å². The van der Waals surface area contributed by atoms with Gasteiger partial charge in [0.05, 0.1) is 16.5 Å². The number of rotatable bonds is 5. The quantitative estimate of drug-likeness (QED) is 0.174. The molecular formula is C56H37NO. The van der Waals surface area contributed by atoms with Crippen molar-refractivity contribution in [1.82, 2.24) is 0 Å². The molecule has 12 rings (SSSR count). The summed E-state index contributed by atoms with van der Waals surface area (Å²) < 4.78 is 6.62. The van der Waals surface area contributed by atoms with Crippen molar-refractivity contribution in [3.63, 3.8) is 0 Å². The minimum atomic E-state index is -0.568. The third-order valence-corrected chi connectivity index (χ3v) is 12.8. The number of hydrogen-bond donors (Lipinski definition) is 0. The van der Waals surface area contributed by atoms with Crippen molar-refractivity contribution < 1.29 is 4.74 Å². The lowest BCUT2D eigenvalue weighted by molar-refractivity contribution is 0.436. The zero-order valence-corrected chi connectivity index (χ0v) is 31.7. The smallest absolute Gasteiger partial charge is 0.132 e. The van der Waals surface area contributed by atoms with Gasteiger partial charge in [-0.3, -0.25) is 0 Å². The van der Waals surface area contributed by atoms with Crippen LogP contribution in [0.1, 0.15) is 44.5 Å². The molecule has 0 fully saturated rings. The summed E-state index contributed by atoms with van der Waals surface area (Å²) in [5.41, 5.74) is 17.2. The number of anilines is 3. The Bertz CT molecular complexity index is 2960. The van der Waals surface area contributed by atoms with Gasteiger partial charge in [0, 0.05) is 22.5 Å². The van der Waals surface area contributed by atoms with E-state index in [0.29, 0.717) is 0 Å². The average molecular weight is 740 g/mol. The van der Waals surface area contributed by atoms with Crippen molar-refractivity contribution in [3.05, 3.63) is 269 Å². The lowest BCUT2D eigenvalue weighted by atomic mass is 9.66. The van der Waals surface area contributed by atoms with Crippen LogP contribution in [0.3, 0.4) is 0 Å². The summed E-state index contributed by atoms with van der Waals surface area (Å²) in [5.74, 6) is 1.80. The van der Waals surface area contributed by atoms with Gasteiger partial charge in [0.15, 0.2) is 0 Å². The number of ether oxygens (including phenoxy) is 1. The Balaban J connectivity index is 1.15. The standard InChI is InChI=1S/C56H37NO/c1-3-19-38(20-4-1)55(45-26-10-7-23-41(45)42-24-8-11-27-46(42)55)49-29-13-16-32-52(49)57(39-21-5-2-6-22-39)40-35-36-48-44(37-40)43-25-9-12-28-47(43)56(48)50-30-14-17-33-53(50)58-54-34-18-15-31-51(54)56/h1-37H. The number of benzene rings is 9. The second-order valence-corrected chi connectivity index (χ2v) is 15.5. The van der Waals surface area contributed by atoms with E-state index in [0.717, 1.165) is 28.6 Å². The Morgan fingerprint density at radius 3 is 1.33 bits per heavy atom. The molecule has 1 aliphatic heterocycles. The van der Waals surface area contributed by atoms with E-state index in [2.05, 4.69) is 229 Å². The summed E-state index contributed by atoms with van der Waals surface area (Å²) in [6.07, 6.45) is 0. The Hall–Kier alpha value is -7.42. The molecule has 0 saturated carbocycles. The molecule has 0 radical (unpaired) electrons. The van der Waals surface area contributed by atoms with Gasteiger partial charge in [-0.25, -0.2) is 0 Å². The number of fused-ring (bicyclic) bond motifs is 12. The van der Waals surface area contributed by atoms with E-state index in [1.165, 1.54) is 66.8 Å². The summed E-state index contributed by atoms with van der Waals surface area (Å²) in [7, 11) is 0. The van der Waals surface area contributed by atoms with Crippen LogP contribution in [-0.4, -0.2) is 0 Å². The summed E-state index contributed by atoms with van der Waals surface area (Å²) >= 11 is 0. The molecule has 0 amide bonds. The highest BCUT2D eigenvalue weighted by Gasteiger charge is 2.52. The van der Waals surface area contributed by atoms with E-state index in [1.54, 1.807) is 0 Å². The lowest BCUT2D eigenvalue weighted by Crippen LogP contribution is -2.32. The summed E-state index contributed by atoms with van der Waals surface area (Å²) in [6, 6.07) is 82.2. The monoisotopic (exact) mass is 739 g/mol. The minimum Gasteiger partial charge on any atom is -0.457 e. The van der Waals surface area contributed by atoms with Crippen molar-refractivity contribution in [2.45, 2.75) is 10.8 Å². The predicted octanol–water partition coefficient (Wildman–Crippen LogP) is 14.0. The van der Waals surface area contributed by atoms with Crippen LogP contribution in [0.5, 0.6) is 11.5 Å². The van der Waals surface area contributed by atoms with Gasteiger partial charge < -0.3 is 9.64 Å². The third-order valence-electron chi connectivity index (χ3n) is 12.8. The van der Waals surface area contributed by atoms with E-state index >= 15 is 0 Å². The first kappa shape index (κ1) is 32.8. The molecule has 0 aromatic heterocycles. The molecule has 2 nitrogen and oxygen atoms in total. The van der Waals surface area contributed by atoms with E-state index in [4.69, 9.17) is 4.74 Å². The molecule has 0 bridgehead atoms. The summed E-state index contributed by atoms with van der Waals surface area (Å²) in [4.78, 5) is 2.48. The summed E-state index contributed by atoms with van der Waals surface area (Å²) in [6.45, 7) is 0. The van der Waals surface area contributed by atoms with Gasteiger partial charge >= 0.3 is 0 Å². The fraction of sp³-hybridized carbons (Fsp3) is 0.0357. The molecule has 0 atom stereocenters. The van der Waals surface area contributed by atoms with Crippen molar-refractivity contribution in [2.24, 2.45) is 0 Å². The molecule has 0 unspecified atom stereocenters. The first-order valence-electron chi connectivity index (χ1n) is 20.1. The minimum absolute atomic E-state index is 0.528. The average Bonchev–Trinajstić information content (AvgIpc) is 3.76. The fourth-order valence-electron chi connectivity index (χ4n) is 10.7. The maximum Gasteiger partial charge on any atom is 0.132 e. The van der Waals surface area contributed by atoms with Gasteiger partial charge in [-0.15, -0.1) is 0 Å². The van der Waals surface area contributed by atoms with E-state index in [9.17, 15) is 0 Å². The molecule has 0 saturated heterocycles. The van der Waals surface area contributed by atoms with Crippen LogP contribution in [0.4, 0.5) is 17.1 Å². The molecule has 58 heavy (non-hydrogen) atoms. The van der Waals surface area contributed by atoms with Crippen LogP contribution < -0.4 is 9.64 Å². The third kappa shape index (κ3) is 4.32. The molecule has 272 valence electrons. The maximum absolute atomic E-state index is 6.62. The van der Waals surface area contributed by atoms with E-state index in [-0.39, 0.29) is 0 Å². The highest BCUT2D eigenvalue weighted by Crippen LogP contribution is 2.63. The van der Waals surface area contributed by atoms with Gasteiger partial charge in [0.2, 0.25) is 0 Å². The Morgan fingerprint density at radius 2 is 0.724 bits per heavy atom. The topological polar surface area (TPSA) is 12.5 Å². The van der Waals surface area contributed by atoms with Crippen molar-refractivity contribution >= 4 is 17.1 Å². The van der Waals surface area contributed by atoms with Gasteiger partial charge in [0.1, 0.15) is 11.5 Å². The van der Waals surface area contributed by atoms with Crippen LogP contribution in [-0.2, 0) is 10.8 Å². The zero-order valence-electron chi connectivity index (χ0n) is 31.7. The number of hydrogen-bond acceptors (Lipinski definition) is 2. The maximum atomic E-state index is 6.62. The molecule has 3 aliphatic rings. The van der Waals surface area contributed by atoms with Gasteiger partial charge in [-0.2, -0.15) is 0 Å². The second-order valence-electron chi connectivity index (χ2n) is 15.5. The zero-order chi connectivity index (χ0) is 38.3. The SMILES string of the molecule is c1ccc(N(c2ccc3c(c2)-c2ccccc2C32c3ccccc3Oc3ccccc32)c2ccccc2C2(c3ccccc3)c3ccccc3-c3ccccc32)cc1. The highest BCUT2D eigenvalue weighted by atomic mass is 16.5. The predicted molar refractivity (Wildman–Crippen MR) is 236 cm³/mol. The molecule has 9 aromatic rings. The Kier molecular flexibility index (Phi) is 7.09. The van der Waals surface area contributed by atoms with Gasteiger partial charge in [0.25, 0.3) is 0 Å². The largest absolute Gasteiger partial charge is 0.457 e. The van der Waals surface area contributed by atoms with Crippen molar-refractivity contribution in [1.29, 1.82) is 0 Å². The van der Waals surface area contributed by atoms with Crippen LogP contribution in [0.15, 0.2) is 224 Å². The Labute approximate surface area is 338 Å². The molecular weight excluding hydrogens is 703 g/mol. The molecule has 9 aromatic carbocycles. The lowest BCUT2D eigenvalue weighted by Gasteiger charge is -2.39. The van der Waals surface area contributed by atoms with Crippen LogP contribution in [0.2, 0.25) is 0 Å². The number of para-hydroxylation sites is 4. The normalized spacial score (nSPS) is 14.3. The molecule has 2 aliphatic carbocycles. The molecule has 1 spiro atoms. The fourth-order valence-corrected chi connectivity index (χ4v) is 10.7. The van der Waals surface area contributed by atoms with Crippen LogP contribution >= 0.6 is 0 Å². The van der Waals surface area contributed by atoms with Gasteiger partial charge in [-0.05, 0) is 98.1 Å². The van der Waals surface area contributed by atoms with Gasteiger partial charge in [-0.1, -0.05) is 182 Å². The Morgan fingerprint density at radius 1 is 0.293 bits per heavy atom. The first-order chi connectivity index (χ1) is 28.8. The van der Waals surface area contributed by atoms with Crippen LogP contribution in [0.25, 0.3) is 22.3 Å². The summed E-state index contributed by atoms with van der Waals surface area (Å²) in [5, 5.41) is 0. The molecule has 1 heterocycles. The molecule has 0 N–H and O–H groups in total. The van der Waals surface area contributed by atoms with Crippen molar-refractivity contribution in [3.8, 4) is 33.8 Å². The highest BCUT2D eigenvalue weighted by molar-refractivity contribution is 5.94.